The van der Waals surface area contributed by atoms with Gasteiger partial charge in [0.05, 0.1) is 20.7 Å². The fourth-order valence-electron chi connectivity index (χ4n) is 1.75. The Kier molecular flexibility index (Phi) is 5.23. The van der Waals surface area contributed by atoms with Gasteiger partial charge < -0.3 is 4.74 Å². The smallest absolute Gasteiger partial charge is 0.138 e. The summed E-state index contributed by atoms with van der Waals surface area (Å²) in [6.45, 7) is 2.04. The standard InChI is InChI=1S/C13H10Br2Cl2OS/c1-6-3-10(19-13(6)15)11(17)8-4-7(16)5-9(14)12(8)18-2/h3-5,11H,1-2H3. The molecule has 0 saturated carbocycles. The summed E-state index contributed by atoms with van der Waals surface area (Å²) in [4.78, 5) is 1.05. The number of benzene rings is 1. The van der Waals surface area contributed by atoms with E-state index in [1.54, 1.807) is 24.5 Å². The molecule has 0 amide bonds. The molecule has 0 spiro atoms. The van der Waals surface area contributed by atoms with E-state index in [0.717, 1.165) is 18.7 Å². The molecule has 2 rings (SSSR count). The first-order chi connectivity index (χ1) is 8.93. The van der Waals surface area contributed by atoms with E-state index < -0.39 is 0 Å². The molecule has 0 radical (unpaired) electrons. The van der Waals surface area contributed by atoms with Crippen LogP contribution in [0.1, 0.15) is 21.4 Å². The minimum atomic E-state index is -0.292. The van der Waals surface area contributed by atoms with E-state index in [1.807, 2.05) is 13.0 Å². The van der Waals surface area contributed by atoms with Gasteiger partial charge >= 0.3 is 0 Å². The van der Waals surface area contributed by atoms with E-state index >= 15 is 0 Å². The van der Waals surface area contributed by atoms with Gasteiger partial charge in [0.2, 0.25) is 0 Å². The third-order valence-corrected chi connectivity index (χ3v) is 6.25. The molecule has 1 aromatic carbocycles. The molecule has 0 N–H and O–H groups in total. The number of ether oxygens (including phenoxy) is 1. The van der Waals surface area contributed by atoms with Crippen molar-refractivity contribution in [3.05, 3.63) is 47.5 Å². The Morgan fingerprint density at radius 3 is 2.47 bits per heavy atom. The molecular weight excluding hydrogens is 435 g/mol. The minimum absolute atomic E-state index is 0.292. The molecule has 0 fully saturated rings. The van der Waals surface area contributed by atoms with Gasteiger partial charge in [0.15, 0.2) is 0 Å². The number of thiophene rings is 1. The van der Waals surface area contributed by atoms with Crippen LogP contribution in [-0.4, -0.2) is 7.11 Å². The van der Waals surface area contributed by atoms with Gasteiger partial charge in [-0.15, -0.1) is 22.9 Å². The molecule has 0 aliphatic carbocycles. The maximum Gasteiger partial charge on any atom is 0.138 e. The highest BCUT2D eigenvalue weighted by molar-refractivity contribution is 9.11. The Morgan fingerprint density at radius 1 is 1.26 bits per heavy atom. The van der Waals surface area contributed by atoms with Crippen molar-refractivity contribution in [3.8, 4) is 5.75 Å². The number of alkyl halides is 1. The third kappa shape index (κ3) is 3.30. The van der Waals surface area contributed by atoms with Gasteiger partial charge in [-0.1, -0.05) is 11.6 Å². The second kappa shape index (κ2) is 6.35. The van der Waals surface area contributed by atoms with Crippen molar-refractivity contribution in [3.63, 3.8) is 0 Å². The highest BCUT2D eigenvalue weighted by Gasteiger charge is 2.21. The first-order valence-corrected chi connectivity index (χ1v) is 8.58. The van der Waals surface area contributed by atoms with Crippen molar-refractivity contribution in [2.75, 3.05) is 7.11 Å². The number of halogens is 4. The molecule has 1 nitrogen and oxygen atoms in total. The summed E-state index contributed by atoms with van der Waals surface area (Å²) in [6, 6.07) is 5.70. The zero-order chi connectivity index (χ0) is 14.2. The lowest BCUT2D eigenvalue weighted by Crippen LogP contribution is -1.97. The SMILES string of the molecule is COc1c(Br)cc(Cl)cc1C(Cl)c1cc(C)c(Br)s1. The zero-order valence-electron chi connectivity index (χ0n) is 10.1. The molecule has 1 unspecified atom stereocenters. The first-order valence-electron chi connectivity index (χ1n) is 5.37. The highest BCUT2D eigenvalue weighted by Crippen LogP contribution is 2.44. The number of rotatable bonds is 3. The van der Waals surface area contributed by atoms with Gasteiger partial charge in [-0.3, -0.25) is 0 Å². The Balaban J connectivity index is 2.51. The van der Waals surface area contributed by atoms with E-state index in [2.05, 4.69) is 37.9 Å². The molecule has 6 heteroatoms. The molecule has 0 bridgehead atoms. The maximum atomic E-state index is 6.57. The Bertz CT molecular complexity index is 593. The summed E-state index contributed by atoms with van der Waals surface area (Å²) in [6.07, 6.45) is 0. The third-order valence-electron chi connectivity index (χ3n) is 2.64. The van der Waals surface area contributed by atoms with Gasteiger partial charge in [-0.25, -0.2) is 0 Å². The summed E-state index contributed by atoms with van der Waals surface area (Å²) in [7, 11) is 1.62. The largest absolute Gasteiger partial charge is 0.495 e. The Morgan fingerprint density at radius 2 is 1.95 bits per heavy atom. The number of hydrogen-bond acceptors (Lipinski definition) is 2. The van der Waals surface area contributed by atoms with Gasteiger partial charge in [-0.05, 0) is 62.5 Å². The van der Waals surface area contributed by atoms with Crippen molar-refractivity contribution < 1.29 is 4.74 Å². The quantitative estimate of drug-likeness (QED) is 0.486. The van der Waals surface area contributed by atoms with E-state index in [0.29, 0.717) is 10.8 Å². The highest BCUT2D eigenvalue weighted by atomic mass is 79.9. The predicted octanol–water partition coefficient (Wildman–Crippen LogP) is 6.57. The van der Waals surface area contributed by atoms with Gasteiger partial charge in [0.1, 0.15) is 5.75 Å². The van der Waals surface area contributed by atoms with Crippen LogP contribution >= 0.6 is 66.4 Å². The zero-order valence-corrected chi connectivity index (χ0v) is 15.6. The Labute approximate surface area is 143 Å². The van der Waals surface area contributed by atoms with Crippen molar-refractivity contribution >= 4 is 66.4 Å². The lowest BCUT2D eigenvalue weighted by Gasteiger charge is -2.15. The summed E-state index contributed by atoms with van der Waals surface area (Å²) in [5, 5.41) is 0.334. The molecule has 1 aromatic heterocycles. The predicted molar refractivity (Wildman–Crippen MR) is 90.2 cm³/mol. The van der Waals surface area contributed by atoms with Crippen LogP contribution in [0.2, 0.25) is 5.02 Å². The van der Waals surface area contributed by atoms with Crippen molar-refractivity contribution in [1.29, 1.82) is 0 Å². The molecule has 1 heterocycles. The molecule has 0 aliphatic rings. The average Bonchev–Trinajstić information content (AvgIpc) is 2.68. The summed E-state index contributed by atoms with van der Waals surface area (Å²) in [5.74, 6) is 0.714. The number of aryl methyl sites for hydroxylation is 1. The van der Waals surface area contributed by atoms with Crippen LogP contribution in [0.15, 0.2) is 26.5 Å². The van der Waals surface area contributed by atoms with E-state index in [-0.39, 0.29) is 5.38 Å². The average molecular weight is 445 g/mol. The summed E-state index contributed by atoms with van der Waals surface area (Å²) >= 11 is 21.3. The van der Waals surface area contributed by atoms with Crippen molar-refractivity contribution in [2.24, 2.45) is 0 Å². The molecular formula is C13H10Br2Cl2OS. The lowest BCUT2D eigenvalue weighted by molar-refractivity contribution is 0.407. The van der Waals surface area contributed by atoms with Crippen LogP contribution in [-0.2, 0) is 0 Å². The van der Waals surface area contributed by atoms with Gasteiger partial charge in [0.25, 0.3) is 0 Å². The van der Waals surface area contributed by atoms with Crippen LogP contribution in [0.25, 0.3) is 0 Å². The number of methoxy groups -OCH3 is 1. The maximum absolute atomic E-state index is 6.57. The molecule has 1 atom stereocenters. The fraction of sp³-hybridized carbons (Fsp3) is 0.231. The summed E-state index contributed by atoms with van der Waals surface area (Å²) < 4.78 is 7.31. The van der Waals surface area contributed by atoms with Crippen LogP contribution in [0.5, 0.6) is 5.75 Å². The molecule has 0 aliphatic heterocycles. The second-order valence-electron chi connectivity index (χ2n) is 3.98. The van der Waals surface area contributed by atoms with E-state index in [9.17, 15) is 0 Å². The van der Waals surface area contributed by atoms with Crippen LogP contribution < -0.4 is 4.74 Å². The minimum Gasteiger partial charge on any atom is -0.495 e. The van der Waals surface area contributed by atoms with E-state index in [1.165, 1.54) is 5.56 Å². The molecule has 2 aromatic rings. The Hall–Kier alpha value is 0.260. The molecule has 0 saturated heterocycles. The van der Waals surface area contributed by atoms with Gasteiger partial charge in [0, 0.05) is 15.5 Å². The van der Waals surface area contributed by atoms with Gasteiger partial charge in [-0.2, -0.15) is 0 Å². The van der Waals surface area contributed by atoms with Crippen LogP contribution in [0, 0.1) is 6.92 Å². The topological polar surface area (TPSA) is 9.23 Å². The first kappa shape index (κ1) is 15.6. The van der Waals surface area contributed by atoms with Crippen molar-refractivity contribution in [1.82, 2.24) is 0 Å². The number of hydrogen-bond donors (Lipinski definition) is 0. The lowest BCUT2D eigenvalue weighted by atomic mass is 10.1. The normalized spacial score (nSPS) is 12.5. The van der Waals surface area contributed by atoms with Crippen LogP contribution in [0.4, 0.5) is 0 Å². The monoisotopic (exact) mass is 442 g/mol. The molecule has 102 valence electrons. The fourth-order valence-corrected chi connectivity index (χ4v) is 4.67. The van der Waals surface area contributed by atoms with E-state index in [4.69, 9.17) is 27.9 Å². The molecule has 19 heavy (non-hydrogen) atoms. The summed E-state index contributed by atoms with van der Waals surface area (Å²) in [5.41, 5.74) is 2.03. The van der Waals surface area contributed by atoms with Crippen molar-refractivity contribution in [2.45, 2.75) is 12.3 Å². The van der Waals surface area contributed by atoms with Crippen LogP contribution in [0.3, 0.4) is 0 Å². The second-order valence-corrected chi connectivity index (χ2v) is 8.11.